The minimum absolute atomic E-state index is 0.134. The zero-order chi connectivity index (χ0) is 19.4. The van der Waals surface area contributed by atoms with Crippen molar-refractivity contribution in [2.24, 2.45) is 0 Å². The molecule has 6 nitrogen and oxygen atoms in total. The van der Waals surface area contributed by atoms with Gasteiger partial charge >= 0.3 is 5.97 Å². The normalized spacial score (nSPS) is 14.0. The molecule has 2 aromatic carbocycles. The Morgan fingerprint density at radius 1 is 1.22 bits per heavy atom. The van der Waals surface area contributed by atoms with E-state index in [-0.39, 0.29) is 16.3 Å². The van der Waals surface area contributed by atoms with Crippen LogP contribution in [0.15, 0.2) is 36.4 Å². The Morgan fingerprint density at radius 3 is 2.78 bits per heavy atom. The number of halogens is 2. The van der Waals surface area contributed by atoms with Crippen molar-refractivity contribution in [1.29, 1.82) is 0 Å². The summed E-state index contributed by atoms with van der Waals surface area (Å²) in [5.74, 6) is -1.09. The first-order chi connectivity index (χ1) is 12.9. The molecule has 1 aliphatic rings. The molecule has 3 rings (SSSR count). The van der Waals surface area contributed by atoms with Crippen LogP contribution in [0, 0.1) is 5.82 Å². The Balaban J connectivity index is 1.68. The molecule has 0 saturated heterocycles. The topological polar surface area (TPSA) is 73.9 Å². The van der Waals surface area contributed by atoms with Crippen molar-refractivity contribution in [2.45, 2.75) is 19.4 Å². The number of carbonyl (C=O) groups is 2. The molecule has 0 fully saturated rings. The van der Waals surface area contributed by atoms with Crippen LogP contribution in [0.5, 0.6) is 11.5 Å². The molecular weight excluding hydrogens is 377 g/mol. The summed E-state index contributed by atoms with van der Waals surface area (Å²) in [5, 5.41) is 2.70. The zero-order valence-corrected chi connectivity index (χ0v) is 15.2. The molecule has 8 heteroatoms. The fourth-order valence-corrected chi connectivity index (χ4v) is 2.71. The fraction of sp³-hybridized carbons (Fsp3) is 0.263. The Kier molecular flexibility index (Phi) is 5.81. The first kappa shape index (κ1) is 19.0. The summed E-state index contributed by atoms with van der Waals surface area (Å²) in [4.78, 5) is 24.5. The van der Waals surface area contributed by atoms with Crippen LogP contribution < -0.4 is 14.8 Å². The molecule has 0 bridgehead atoms. The van der Waals surface area contributed by atoms with E-state index >= 15 is 0 Å². The quantitative estimate of drug-likeness (QED) is 0.799. The number of rotatable bonds is 4. The van der Waals surface area contributed by atoms with E-state index in [0.29, 0.717) is 31.1 Å². The van der Waals surface area contributed by atoms with Gasteiger partial charge in [0.2, 0.25) is 0 Å². The Labute approximate surface area is 160 Å². The number of ether oxygens (including phenoxy) is 3. The molecule has 1 aliphatic heterocycles. The molecule has 1 heterocycles. The molecule has 1 amide bonds. The lowest BCUT2D eigenvalue weighted by atomic mass is 10.2. The van der Waals surface area contributed by atoms with Crippen molar-refractivity contribution in [3.05, 3.63) is 52.8 Å². The predicted molar refractivity (Wildman–Crippen MR) is 97.0 cm³/mol. The SMILES string of the molecule is C[C@@H](OC(=O)c1cc(Cl)c2c(c1)OCCCO2)C(=O)Nc1cccc(F)c1. The summed E-state index contributed by atoms with van der Waals surface area (Å²) in [6.45, 7) is 2.32. The number of benzene rings is 2. The summed E-state index contributed by atoms with van der Waals surface area (Å²) >= 11 is 6.16. The summed E-state index contributed by atoms with van der Waals surface area (Å²) in [5.41, 5.74) is 0.399. The fourth-order valence-electron chi connectivity index (χ4n) is 2.44. The van der Waals surface area contributed by atoms with Crippen LogP contribution in [0.25, 0.3) is 0 Å². The van der Waals surface area contributed by atoms with Crippen LogP contribution in [0.1, 0.15) is 23.7 Å². The highest BCUT2D eigenvalue weighted by Crippen LogP contribution is 2.38. The maximum atomic E-state index is 13.2. The molecule has 1 N–H and O–H groups in total. The molecule has 0 aromatic heterocycles. The van der Waals surface area contributed by atoms with Crippen molar-refractivity contribution in [2.75, 3.05) is 18.5 Å². The average Bonchev–Trinajstić information content (AvgIpc) is 2.87. The van der Waals surface area contributed by atoms with Crippen LogP contribution in [0.2, 0.25) is 5.02 Å². The Morgan fingerprint density at radius 2 is 2.00 bits per heavy atom. The van der Waals surface area contributed by atoms with E-state index < -0.39 is 23.8 Å². The number of anilines is 1. The highest BCUT2D eigenvalue weighted by molar-refractivity contribution is 6.32. The van der Waals surface area contributed by atoms with Crippen molar-refractivity contribution in [1.82, 2.24) is 0 Å². The average molecular weight is 394 g/mol. The van der Waals surface area contributed by atoms with Gasteiger partial charge in [0.1, 0.15) is 5.82 Å². The van der Waals surface area contributed by atoms with Crippen molar-refractivity contribution in [3.63, 3.8) is 0 Å². The summed E-state index contributed by atoms with van der Waals surface area (Å²) in [6.07, 6.45) is -0.405. The van der Waals surface area contributed by atoms with Gasteiger partial charge in [0.25, 0.3) is 5.91 Å². The third-order valence-electron chi connectivity index (χ3n) is 3.78. The standard InChI is InChI=1S/C19H17ClFNO5/c1-11(18(23)22-14-5-2-4-13(21)10-14)27-19(24)12-8-15(20)17-16(9-12)25-6-3-7-26-17/h2,4-5,8-11H,3,6-7H2,1H3,(H,22,23)/t11-/m1/s1. The molecule has 142 valence electrons. The maximum Gasteiger partial charge on any atom is 0.339 e. The predicted octanol–water partition coefficient (Wildman–Crippen LogP) is 3.82. The molecular formula is C19H17ClFNO5. The lowest BCUT2D eigenvalue weighted by Gasteiger charge is -2.15. The van der Waals surface area contributed by atoms with Gasteiger partial charge in [-0.2, -0.15) is 0 Å². The van der Waals surface area contributed by atoms with Crippen LogP contribution >= 0.6 is 11.6 Å². The monoisotopic (exact) mass is 393 g/mol. The van der Waals surface area contributed by atoms with Gasteiger partial charge in [-0.3, -0.25) is 4.79 Å². The van der Waals surface area contributed by atoms with Crippen LogP contribution in [-0.4, -0.2) is 31.2 Å². The highest BCUT2D eigenvalue weighted by atomic mass is 35.5. The number of nitrogens with one attached hydrogen (secondary N) is 1. The highest BCUT2D eigenvalue weighted by Gasteiger charge is 2.23. The lowest BCUT2D eigenvalue weighted by Crippen LogP contribution is -2.30. The van der Waals surface area contributed by atoms with Crippen molar-refractivity contribution in [3.8, 4) is 11.5 Å². The number of hydrogen-bond acceptors (Lipinski definition) is 5. The minimum atomic E-state index is -1.10. The second kappa shape index (κ2) is 8.26. The van der Waals surface area contributed by atoms with E-state index in [0.717, 1.165) is 6.07 Å². The molecule has 0 saturated carbocycles. The Hall–Kier alpha value is -2.80. The molecule has 0 unspecified atom stereocenters. The summed E-state index contributed by atoms with van der Waals surface area (Å²) < 4.78 is 29.4. The van der Waals surface area contributed by atoms with Gasteiger partial charge in [0.15, 0.2) is 17.6 Å². The molecule has 0 radical (unpaired) electrons. The first-order valence-corrected chi connectivity index (χ1v) is 8.68. The minimum Gasteiger partial charge on any atom is -0.489 e. The van der Waals surface area contributed by atoms with E-state index in [1.807, 2.05) is 0 Å². The number of esters is 1. The van der Waals surface area contributed by atoms with Gasteiger partial charge in [0, 0.05) is 12.1 Å². The second-order valence-electron chi connectivity index (χ2n) is 5.88. The summed E-state index contributed by atoms with van der Waals surface area (Å²) in [6, 6.07) is 8.27. The van der Waals surface area contributed by atoms with Gasteiger partial charge in [-0.1, -0.05) is 17.7 Å². The molecule has 2 aromatic rings. The maximum absolute atomic E-state index is 13.2. The molecule has 27 heavy (non-hydrogen) atoms. The molecule has 0 aliphatic carbocycles. The lowest BCUT2D eigenvalue weighted by molar-refractivity contribution is -0.123. The van der Waals surface area contributed by atoms with Gasteiger partial charge in [-0.05, 0) is 37.3 Å². The third-order valence-corrected chi connectivity index (χ3v) is 4.06. The van der Waals surface area contributed by atoms with E-state index in [9.17, 15) is 14.0 Å². The van der Waals surface area contributed by atoms with E-state index in [1.165, 1.54) is 37.3 Å². The molecule has 1 atom stereocenters. The van der Waals surface area contributed by atoms with Crippen molar-refractivity contribution < 1.29 is 28.2 Å². The number of fused-ring (bicyclic) bond motifs is 1. The van der Waals surface area contributed by atoms with Crippen molar-refractivity contribution >= 4 is 29.2 Å². The Bertz CT molecular complexity index is 873. The van der Waals surface area contributed by atoms with Crippen LogP contribution in [-0.2, 0) is 9.53 Å². The largest absolute Gasteiger partial charge is 0.489 e. The second-order valence-corrected chi connectivity index (χ2v) is 6.29. The summed E-state index contributed by atoms with van der Waals surface area (Å²) in [7, 11) is 0. The first-order valence-electron chi connectivity index (χ1n) is 8.30. The molecule has 0 spiro atoms. The van der Waals surface area contributed by atoms with Gasteiger partial charge < -0.3 is 19.5 Å². The van der Waals surface area contributed by atoms with Gasteiger partial charge in [-0.15, -0.1) is 0 Å². The number of hydrogen-bond donors (Lipinski definition) is 1. The van der Waals surface area contributed by atoms with Crippen LogP contribution in [0.3, 0.4) is 0 Å². The third kappa shape index (κ3) is 4.68. The zero-order valence-electron chi connectivity index (χ0n) is 14.5. The van der Waals surface area contributed by atoms with E-state index in [1.54, 1.807) is 0 Å². The number of carbonyl (C=O) groups excluding carboxylic acids is 2. The van der Waals surface area contributed by atoms with E-state index in [4.69, 9.17) is 25.8 Å². The smallest absolute Gasteiger partial charge is 0.339 e. The van der Waals surface area contributed by atoms with Gasteiger partial charge in [-0.25, -0.2) is 9.18 Å². The number of amides is 1. The van der Waals surface area contributed by atoms with Gasteiger partial charge in [0.05, 0.1) is 23.8 Å². The van der Waals surface area contributed by atoms with E-state index in [2.05, 4.69) is 5.32 Å². The van der Waals surface area contributed by atoms with Crippen LogP contribution in [0.4, 0.5) is 10.1 Å².